The van der Waals surface area contributed by atoms with Crippen LogP contribution in [0.4, 0.5) is 0 Å². The summed E-state index contributed by atoms with van der Waals surface area (Å²) in [6, 6.07) is 15.5. The van der Waals surface area contributed by atoms with Crippen molar-refractivity contribution in [3.63, 3.8) is 0 Å². The predicted octanol–water partition coefficient (Wildman–Crippen LogP) is 3.32. The number of fused-ring (bicyclic) bond motifs is 1. The molecular weight excluding hydrogens is 414 g/mol. The van der Waals surface area contributed by atoms with E-state index in [9.17, 15) is 9.59 Å². The van der Waals surface area contributed by atoms with Gasteiger partial charge in [0.05, 0.1) is 16.4 Å². The van der Waals surface area contributed by atoms with Gasteiger partial charge in [0.1, 0.15) is 0 Å². The van der Waals surface area contributed by atoms with Gasteiger partial charge >= 0.3 is 0 Å². The first-order chi connectivity index (χ1) is 15.0. The van der Waals surface area contributed by atoms with Crippen LogP contribution < -0.4 is 5.32 Å². The van der Waals surface area contributed by atoms with E-state index in [0.717, 1.165) is 13.0 Å². The van der Waals surface area contributed by atoms with Gasteiger partial charge in [-0.15, -0.1) is 5.10 Å². The Balaban J connectivity index is 1.27. The largest absolute Gasteiger partial charge is 0.351 e. The number of nitrogens with zero attached hydrogens (tertiary/aromatic N) is 4. The van der Waals surface area contributed by atoms with E-state index in [1.807, 2.05) is 35.2 Å². The molecule has 2 aromatic carbocycles. The number of para-hydroxylation sites is 1. The molecule has 0 aliphatic carbocycles. The summed E-state index contributed by atoms with van der Waals surface area (Å²) >= 11 is 6.22. The molecular formula is C23H24ClN5O2. The van der Waals surface area contributed by atoms with Gasteiger partial charge in [-0.3, -0.25) is 9.59 Å². The first-order valence-corrected chi connectivity index (χ1v) is 10.7. The van der Waals surface area contributed by atoms with Crippen LogP contribution in [-0.4, -0.2) is 44.8 Å². The molecule has 0 unspecified atom stereocenters. The van der Waals surface area contributed by atoms with Crippen molar-refractivity contribution in [3.8, 4) is 5.69 Å². The lowest BCUT2D eigenvalue weighted by atomic mass is 9.99. The summed E-state index contributed by atoms with van der Waals surface area (Å²) in [5, 5.41) is 11.4. The molecule has 0 spiro atoms. The molecule has 31 heavy (non-hydrogen) atoms. The van der Waals surface area contributed by atoms with E-state index in [0.29, 0.717) is 42.3 Å². The Morgan fingerprint density at radius 2 is 1.84 bits per heavy atom. The maximum absolute atomic E-state index is 12.5. The number of benzene rings is 2. The number of carbonyl (C=O) groups excluding carboxylic acids is 2. The third kappa shape index (κ3) is 4.61. The molecule has 0 saturated heterocycles. The Labute approximate surface area is 186 Å². The Morgan fingerprint density at radius 1 is 1.10 bits per heavy atom. The molecule has 0 radical (unpaired) electrons. The van der Waals surface area contributed by atoms with E-state index in [1.54, 1.807) is 17.7 Å². The molecule has 3 aromatic rings. The van der Waals surface area contributed by atoms with Gasteiger partial charge in [-0.1, -0.05) is 53.2 Å². The molecule has 1 aromatic heterocycles. The topological polar surface area (TPSA) is 80.1 Å². The lowest BCUT2D eigenvalue weighted by molar-refractivity contribution is -0.132. The van der Waals surface area contributed by atoms with Gasteiger partial charge in [0, 0.05) is 26.1 Å². The normalized spacial score (nSPS) is 13.0. The van der Waals surface area contributed by atoms with E-state index in [2.05, 4.69) is 27.8 Å². The van der Waals surface area contributed by atoms with Gasteiger partial charge in [-0.05, 0) is 43.0 Å². The van der Waals surface area contributed by atoms with Crippen molar-refractivity contribution in [2.24, 2.45) is 0 Å². The van der Waals surface area contributed by atoms with Crippen molar-refractivity contribution in [3.05, 3.63) is 76.1 Å². The highest BCUT2D eigenvalue weighted by molar-refractivity contribution is 6.32. The second-order valence-corrected chi connectivity index (χ2v) is 7.99. The van der Waals surface area contributed by atoms with Gasteiger partial charge in [-0.25, -0.2) is 4.68 Å². The first-order valence-electron chi connectivity index (χ1n) is 10.3. The van der Waals surface area contributed by atoms with Crippen LogP contribution in [0, 0.1) is 6.92 Å². The Kier molecular flexibility index (Phi) is 6.32. The molecule has 7 nitrogen and oxygen atoms in total. The van der Waals surface area contributed by atoms with Crippen molar-refractivity contribution in [2.45, 2.75) is 32.7 Å². The predicted molar refractivity (Wildman–Crippen MR) is 118 cm³/mol. The summed E-state index contributed by atoms with van der Waals surface area (Å²) in [4.78, 5) is 27.0. The van der Waals surface area contributed by atoms with Crippen LogP contribution >= 0.6 is 11.6 Å². The minimum absolute atomic E-state index is 0.115. The van der Waals surface area contributed by atoms with Crippen LogP contribution in [0.3, 0.4) is 0 Å². The van der Waals surface area contributed by atoms with Crippen LogP contribution in [0.25, 0.3) is 5.69 Å². The summed E-state index contributed by atoms with van der Waals surface area (Å²) in [5.74, 6) is -0.195. The van der Waals surface area contributed by atoms with Crippen molar-refractivity contribution in [2.75, 3.05) is 13.1 Å². The van der Waals surface area contributed by atoms with E-state index in [-0.39, 0.29) is 17.5 Å². The maximum atomic E-state index is 12.5. The number of carbonyl (C=O) groups is 2. The number of amides is 2. The highest BCUT2D eigenvalue weighted by Crippen LogP contribution is 2.21. The average Bonchev–Trinajstić information content (AvgIpc) is 3.17. The zero-order valence-electron chi connectivity index (χ0n) is 17.3. The Hall–Kier alpha value is -3.19. The smallest absolute Gasteiger partial charge is 0.273 e. The summed E-state index contributed by atoms with van der Waals surface area (Å²) in [6.45, 7) is 3.57. The minimum Gasteiger partial charge on any atom is -0.351 e. The quantitative estimate of drug-likeness (QED) is 0.600. The molecule has 1 N–H and O–H groups in total. The number of halogens is 1. The second kappa shape index (κ2) is 9.31. The van der Waals surface area contributed by atoms with E-state index >= 15 is 0 Å². The molecule has 0 bridgehead atoms. The summed E-state index contributed by atoms with van der Waals surface area (Å²) in [7, 11) is 0. The zero-order chi connectivity index (χ0) is 21.8. The van der Waals surface area contributed by atoms with Gasteiger partial charge in [0.15, 0.2) is 5.69 Å². The summed E-state index contributed by atoms with van der Waals surface area (Å²) in [6.07, 6.45) is 1.85. The molecule has 1 aliphatic heterocycles. The highest BCUT2D eigenvalue weighted by Gasteiger charge is 2.21. The maximum Gasteiger partial charge on any atom is 0.273 e. The third-order valence-electron chi connectivity index (χ3n) is 5.53. The van der Waals surface area contributed by atoms with Gasteiger partial charge in [0.25, 0.3) is 5.91 Å². The molecule has 8 heteroatoms. The third-order valence-corrected chi connectivity index (χ3v) is 5.85. The molecule has 2 heterocycles. The first kappa shape index (κ1) is 21.1. The summed E-state index contributed by atoms with van der Waals surface area (Å²) < 4.78 is 1.55. The molecule has 1 aliphatic rings. The number of nitrogens with one attached hydrogen (secondary N) is 1. The van der Waals surface area contributed by atoms with Crippen LogP contribution in [-0.2, 0) is 17.8 Å². The number of hydrogen-bond donors (Lipinski definition) is 1. The lowest BCUT2D eigenvalue weighted by Gasteiger charge is -2.29. The molecule has 160 valence electrons. The van der Waals surface area contributed by atoms with Crippen molar-refractivity contribution in [1.29, 1.82) is 0 Å². The molecule has 0 saturated carbocycles. The number of aromatic nitrogens is 3. The Bertz CT molecular complexity index is 1110. The lowest BCUT2D eigenvalue weighted by Crippen LogP contribution is -2.36. The molecule has 4 rings (SSSR count). The SMILES string of the molecule is Cc1c(C(=O)NCCCC(=O)N2CCc3ccccc3C2)nnn1-c1ccccc1Cl. The highest BCUT2D eigenvalue weighted by atomic mass is 35.5. The van der Waals surface area contributed by atoms with E-state index in [1.165, 1.54) is 11.1 Å². The van der Waals surface area contributed by atoms with Crippen LogP contribution in [0.5, 0.6) is 0 Å². The number of hydrogen-bond acceptors (Lipinski definition) is 4. The second-order valence-electron chi connectivity index (χ2n) is 7.58. The standard InChI is InChI=1S/C23H24ClN5O2/c1-16-22(26-27-29(16)20-10-5-4-9-19(20)24)23(31)25-13-6-11-21(30)28-14-12-17-7-2-3-8-18(17)15-28/h2-5,7-10H,6,11-15H2,1H3,(H,25,31). The van der Waals surface area contributed by atoms with Gasteiger partial charge < -0.3 is 10.2 Å². The van der Waals surface area contributed by atoms with Crippen LogP contribution in [0.15, 0.2) is 48.5 Å². The summed E-state index contributed by atoms with van der Waals surface area (Å²) in [5.41, 5.74) is 4.06. The van der Waals surface area contributed by atoms with Gasteiger partial charge in [0.2, 0.25) is 5.91 Å². The minimum atomic E-state index is -0.310. The van der Waals surface area contributed by atoms with Crippen molar-refractivity contribution >= 4 is 23.4 Å². The molecule has 2 amide bonds. The fourth-order valence-electron chi connectivity index (χ4n) is 3.78. The zero-order valence-corrected chi connectivity index (χ0v) is 18.1. The molecule has 0 fully saturated rings. The van der Waals surface area contributed by atoms with Crippen LogP contribution in [0.1, 0.15) is 40.2 Å². The fourth-order valence-corrected chi connectivity index (χ4v) is 4.00. The monoisotopic (exact) mass is 437 g/mol. The Morgan fingerprint density at radius 3 is 2.65 bits per heavy atom. The average molecular weight is 438 g/mol. The molecule has 0 atom stereocenters. The van der Waals surface area contributed by atoms with E-state index in [4.69, 9.17) is 11.6 Å². The van der Waals surface area contributed by atoms with E-state index < -0.39 is 0 Å². The van der Waals surface area contributed by atoms with Crippen molar-refractivity contribution in [1.82, 2.24) is 25.2 Å². The fraction of sp³-hybridized carbons (Fsp3) is 0.304. The number of rotatable bonds is 6. The van der Waals surface area contributed by atoms with Crippen LogP contribution in [0.2, 0.25) is 5.02 Å². The van der Waals surface area contributed by atoms with Crippen molar-refractivity contribution < 1.29 is 9.59 Å². The van der Waals surface area contributed by atoms with Gasteiger partial charge in [-0.2, -0.15) is 0 Å².